The summed E-state index contributed by atoms with van der Waals surface area (Å²) in [4.78, 5) is 19.6. The van der Waals surface area contributed by atoms with Crippen molar-refractivity contribution in [3.05, 3.63) is 77.8 Å². The number of hydrogen-bond acceptors (Lipinski definition) is 10. The predicted octanol–water partition coefficient (Wildman–Crippen LogP) is 4.29. The van der Waals surface area contributed by atoms with Gasteiger partial charge in [-0.05, 0) is 13.0 Å². The number of halogens is 2. The van der Waals surface area contributed by atoms with Crippen LogP contribution in [0, 0.1) is 11.6 Å². The summed E-state index contributed by atoms with van der Waals surface area (Å²) in [5, 5.41) is 18.4. The minimum Gasteiger partial charge on any atom is -0.494 e. The van der Waals surface area contributed by atoms with Crippen LogP contribution < -0.4 is 10.1 Å². The first-order valence-corrected chi connectivity index (χ1v) is 13.5. The van der Waals surface area contributed by atoms with Gasteiger partial charge in [-0.2, -0.15) is 5.10 Å². The van der Waals surface area contributed by atoms with Gasteiger partial charge in [0.15, 0.2) is 5.82 Å². The van der Waals surface area contributed by atoms with E-state index >= 15 is 0 Å². The van der Waals surface area contributed by atoms with Gasteiger partial charge in [-0.3, -0.25) is 9.58 Å². The lowest BCUT2D eigenvalue weighted by atomic mass is 10.1. The monoisotopic (exact) mass is 574 g/mol. The molecule has 0 amide bonds. The van der Waals surface area contributed by atoms with E-state index in [9.17, 15) is 13.9 Å². The molecule has 0 radical (unpaired) electrons. The van der Waals surface area contributed by atoms with E-state index in [2.05, 4.69) is 20.2 Å². The number of morpholine rings is 1. The second-order valence-corrected chi connectivity index (χ2v) is 9.66. The summed E-state index contributed by atoms with van der Waals surface area (Å²) >= 11 is 0. The van der Waals surface area contributed by atoms with Crippen molar-refractivity contribution < 1.29 is 23.4 Å². The van der Waals surface area contributed by atoms with Gasteiger partial charge in [0.2, 0.25) is 5.88 Å². The van der Waals surface area contributed by atoms with Gasteiger partial charge in [0, 0.05) is 54.8 Å². The molecule has 1 aliphatic heterocycles. The van der Waals surface area contributed by atoms with Gasteiger partial charge in [0.1, 0.15) is 41.0 Å². The molecular weight excluding hydrogens is 546 g/mol. The number of anilines is 2. The molecule has 3 aromatic heterocycles. The Balaban J connectivity index is 1.41. The Kier molecular flexibility index (Phi) is 7.84. The predicted molar refractivity (Wildman–Crippen MR) is 150 cm³/mol. The number of ether oxygens (including phenoxy) is 2. The van der Waals surface area contributed by atoms with Crippen LogP contribution in [0.1, 0.15) is 18.2 Å². The molecule has 0 spiro atoms. The Morgan fingerprint density at radius 1 is 0.976 bits per heavy atom. The maximum Gasteiger partial charge on any atom is 0.215 e. The first-order chi connectivity index (χ1) is 20.5. The minimum atomic E-state index is -0.720. The number of aromatic nitrogens is 6. The average molecular weight is 575 g/mol. The highest BCUT2D eigenvalue weighted by molar-refractivity contribution is 5.91. The first kappa shape index (κ1) is 27.4. The van der Waals surface area contributed by atoms with E-state index in [1.165, 1.54) is 24.5 Å². The fourth-order valence-corrected chi connectivity index (χ4v) is 4.83. The van der Waals surface area contributed by atoms with Gasteiger partial charge in [-0.15, -0.1) is 0 Å². The molecule has 0 saturated carbocycles. The van der Waals surface area contributed by atoms with Gasteiger partial charge < -0.3 is 19.9 Å². The lowest BCUT2D eigenvalue weighted by Gasteiger charge is -2.26. The van der Waals surface area contributed by atoms with Crippen LogP contribution in [-0.4, -0.2) is 72.6 Å². The van der Waals surface area contributed by atoms with Crippen molar-refractivity contribution in [1.29, 1.82) is 0 Å². The number of aromatic hydroxyl groups is 1. The zero-order chi connectivity index (χ0) is 29.1. The van der Waals surface area contributed by atoms with E-state index in [-0.39, 0.29) is 23.7 Å². The van der Waals surface area contributed by atoms with Crippen LogP contribution in [0.4, 0.5) is 20.4 Å². The maximum atomic E-state index is 15.0. The molecular formula is C29H28F2N8O3. The van der Waals surface area contributed by atoms with Crippen molar-refractivity contribution >= 4 is 22.5 Å². The normalized spacial score (nSPS) is 13.9. The van der Waals surface area contributed by atoms with Gasteiger partial charge in [-0.1, -0.05) is 18.2 Å². The van der Waals surface area contributed by atoms with Gasteiger partial charge in [-0.25, -0.2) is 28.7 Å². The van der Waals surface area contributed by atoms with Crippen LogP contribution >= 0.6 is 0 Å². The first-order valence-electron chi connectivity index (χ1n) is 13.5. The third-order valence-electron chi connectivity index (χ3n) is 6.78. The van der Waals surface area contributed by atoms with Crippen molar-refractivity contribution in [1.82, 2.24) is 34.6 Å². The van der Waals surface area contributed by atoms with Crippen LogP contribution in [0.5, 0.6) is 11.6 Å². The number of benzene rings is 2. The summed E-state index contributed by atoms with van der Waals surface area (Å²) in [5.74, 6) is -0.390. The number of rotatable bonds is 9. The Hall–Kier alpha value is -4.75. The van der Waals surface area contributed by atoms with Gasteiger partial charge in [0.25, 0.3) is 0 Å². The molecule has 13 heteroatoms. The summed E-state index contributed by atoms with van der Waals surface area (Å²) in [6, 6.07) is 12.9. The standard InChI is InChI=1S/C29H28F2N8O3/c1-2-42-19-12-22(30)21(23(31)13-19)16-39-24-6-4-3-5-20(24)28(37-39)29-34-18(15-38-7-9-41-10-8-38)11-26(36-29)35-25-14-27(40)33-17-32-25/h3-6,11-14,17H,2,7-10,15-16H2,1H3,(H2,32,33,34,35,36,40). The van der Waals surface area contributed by atoms with E-state index in [1.54, 1.807) is 11.6 Å². The van der Waals surface area contributed by atoms with E-state index in [0.717, 1.165) is 24.2 Å². The summed E-state index contributed by atoms with van der Waals surface area (Å²) < 4.78 is 42.3. The molecule has 216 valence electrons. The Morgan fingerprint density at radius 2 is 1.76 bits per heavy atom. The highest BCUT2D eigenvalue weighted by atomic mass is 19.1. The Labute approximate surface area is 239 Å². The highest BCUT2D eigenvalue weighted by Gasteiger charge is 2.21. The van der Waals surface area contributed by atoms with Crippen LogP contribution in [-0.2, 0) is 17.8 Å². The number of para-hydroxylation sites is 1. The molecule has 0 aliphatic carbocycles. The molecule has 5 aromatic rings. The maximum absolute atomic E-state index is 15.0. The smallest absolute Gasteiger partial charge is 0.215 e. The zero-order valence-corrected chi connectivity index (χ0v) is 22.8. The van der Waals surface area contributed by atoms with Gasteiger partial charge in [0.05, 0.1) is 37.6 Å². The molecule has 4 heterocycles. The SMILES string of the molecule is CCOc1cc(F)c(Cn2nc(-c3nc(CN4CCOCC4)cc(Nc4cc(O)ncn4)n3)c3ccccc32)c(F)c1. The van der Waals surface area contributed by atoms with Crippen LogP contribution in [0.15, 0.2) is 54.9 Å². The highest BCUT2D eigenvalue weighted by Crippen LogP contribution is 2.30. The molecule has 42 heavy (non-hydrogen) atoms. The Bertz CT molecular complexity index is 1700. The number of fused-ring (bicyclic) bond motifs is 1. The van der Waals surface area contributed by atoms with Crippen molar-refractivity contribution in [2.24, 2.45) is 0 Å². The van der Waals surface area contributed by atoms with E-state index in [4.69, 9.17) is 24.5 Å². The van der Waals surface area contributed by atoms with Crippen LogP contribution in [0.3, 0.4) is 0 Å². The fourth-order valence-electron chi connectivity index (χ4n) is 4.83. The van der Waals surface area contributed by atoms with E-state index in [1.807, 2.05) is 30.3 Å². The number of nitrogens with zero attached hydrogens (tertiary/aromatic N) is 7. The second kappa shape index (κ2) is 12.0. The van der Waals surface area contributed by atoms with Gasteiger partial charge >= 0.3 is 0 Å². The summed E-state index contributed by atoms with van der Waals surface area (Å²) in [6.07, 6.45) is 1.24. The molecule has 6 rings (SSSR count). The average Bonchev–Trinajstić information content (AvgIpc) is 3.34. The van der Waals surface area contributed by atoms with E-state index < -0.39 is 11.6 Å². The molecule has 2 N–H and O–H groups in total. The van der Waals surface area contributed by atoms with Crippen molar-refractivity contribution in [2.75, 3.05) is 38.2 Å². The summed E-state index contributed by atoms with van der Waals surface area (Å²) in [7, 11) is 0. The largest absolute Gasteiger partial charge is 0.494 e. The van der Waals surface area contributed by atoms with Crippen molar-refractivity contribution in [3.63, 3.8) is 0 Å². The lowest BCUT2D eigenvalue weighted by molar-refractivity contribution is 0.0336. The second-order valence-electron chi connectivity index (χ2n) is 9.66. The van der Waals surface area contributed by atoms with Crippen LogP contribution in [0.25, 0.3) is 22.4 Å². The fraction of sp³-hybridized carbons (Fsp3) is 0.276. The van der Waals surface area contributed by atoms with Crippen molar-refractivity contribution in [2.45, 2.75) is 20.0 Å². The minimum absolute atomic E-state index is 0.129. The lowest BCUT2D eigenvalue weighted by Crippen LogP contribution is -2.35. The van der Waals surface area contributed by atoms with Crippen molar-refractivity contribution in [3.8, 4) is 23.1 Å². The molecule has 0 bridgehead atoms. The topological polar surface area (TPSA) is 123 Å². The summed E-state index contributed by atoms with van der Waals surface area (Å²) in [5.41, 5.74) is 1.71. The molecule has 1 fully saturated rings. The quantitative estimate of drug-likeness (QED) is 0.264. The molecule has 0 atom stereocenters. The van der Waals surface area contributed by atoms with Crippen LogP contribution in [0.2, 0.25) is 0 Å². The third kappa shape index (κ3) is 5.97. The molecule has 2 aromatic carbocycles. The van der Waals surface area contributed by atoms with E-state index in [0.29, 0.717) is 55.0 Å². The molecule has 1 aliphatic rings. The Morgan fingerprint density at radius 3 is 2.52 bits per heavy atom. The molecule has 1 saturated heterocycles. The third-order valence-corrected chi connectivity index (χ3v) is 6.78. The number of nitrogens with one attached hydrogen (secondary N) is 1. The summed E-state index contributed by atoms with van der Waals surface area (Å²) in [6.45, 7) is 5.24. The molecule has 0 unspecified atom stereocenters. The zero-order valence-electron chi connectivity index (χ0n) is 22.8. The number of hydrogen-bond donors (Lipinski definition) is 2. The molecule has 11 nitrogen and oxygen atoms in total.